The lowest BCUT2D eigenvalue weighted by atomic mass is 10.1. The molecule has 6 nitrogen and oxygen atoms in total. The minimum atomic E-state index is 0.517. The van der Waals surface area contributed by atoms with Crippen LogP contribution in [-0.2, 0) is 13.0 Å². The van der Waals surface area contributed by atoms with Gasteiger partial charge in [0.25, 0.3) is 0 Å². The molecule has 1 aliphatic carbocycles. The minimum absolute atomic E-state index is 0.517. The molecular formula is C17H29N5O. The van der Waals surface area contributed by atoms with E-state index in [0.717, 1.165) is 36.4 Å². The van der Waals surface area contributed by atoms with E-state index in [1.165, 1.54) is 38.8 Å². The summed E-state index contributed by atoms with van der Waals surface area (Å²) >= 11 is 0. The molecule has 23 heavy (non-hydrogen) atoms. The van der Waals surface area contributed by atoms with Gasteiger partial charge in [-0.2, -0.15) is 0 Å². The Morgan fingerprint density at radius 3 is 2.70 bits per heavy atom. The molecule has 1 aliphatic heterocycles. The van der Waals surface area contributed by atoms with E-state index in [-0.39, 0.29) is 0 Å². The smallest absolute Gasteiger partial charge is 0.191 e. The van der Waals surface area contributed by atoms with Crippen LogP contribution < -0.4 is 10.6 Å². The maximum atomic E-state index is 5.30. The number of piperidine rings is 1. The summed E-state index contributed by atoms with van der Waals surface area (Å²) in [6, 6.07) is 3.39. The van der Waals surface area contributed by atoms with Crippen molar-refractivity contribution in [1.29, 1.82) is 0 Å². The van der Waals surface area contributed by atoms with E-state index in [4.69, 9.17) is 4.52 Å². The Balaban J connectivity index is 1.50. The van der Waals surface area contributed by atoms with Gasteiger partial charge in [0, 0.05) is 37.8 Å². The number of aliphatic imine (C=N–C) groups is 1. The highest BCUT2D eigenvalue weighted by Crippen LogP contribution is 2.29. The summed E-state index contributed by atoms with van der Waals surface area (Å²) in [5.74, 6) is 1.70. The highest BCUT2D eigenvalue weighted by molar-refractivity contribution is 5.80. The third-order valence-corrected chi connectivity index (χ3v) is 4.64. The van der Waals surface area contributed by atoms with Gasteiger partial charge in [-0.15, -0.1) is 0 Å². The Bertz CT molecular complexity index is 515. The molecule has 3 rings (SSSR count). The first-order chi connectivity index (χ1) is 11.3. The number of nitrogens with one attached hydrogen (secondary N) is 2. The van der Waals surface area contributed by atoms with Crippen molar-refractivity contribution in [1.82, 2.24) is 20.7 Å². The Morgan fingerprint density at radius 2 is 2.09 bits per heavy atom. The average Bonchev–Trinajstić information content (AvgIpc) is 3.32. The summed E-state index contributed by atoms with van der Waals surface area (Å²) in [5.41, 5.74) is 0.987. The van der Waals surface area contributed by atoms with E-state index < -0.39 is 0 Å². The van der Waals surface area contributed by atoms with Crippen LogP contribution in [0.2, 0.25) is 0 Å². The molecule has 6 heteroatoms. The highest BCUT2D eigenvalue weighted by atomic mass is 16.5. The lowest BCUT2D eigenvalue weighted by molar-refractivity contribution is 0.197. The van der Waals surface area contributed by atoms with E-state index in [1.807, 2.05) is 6.07 Å². The minimum Gasteiger partial charge on any atom is -0.359 e. The maximum absolute atomic E-state index is 5.30. The SMILES string of the molecule is CCNC(=NCc1cc(CC)no1)NC1CCN(C2CC2)CC1. The summed E-state index contributed by atoms with van der Waals surface area (Å²) in [6.45, 7) is 7.99. The van der Waals surface area contributed by atoms with Crippen LogP contribution in [0.1, 0.15) is 51.0 Å². The zero-order chi connectivity index (χ0) is 16.1. The summed E-state index contributed by atoms with van der Waals surface area (Å²) in [6.07, 6.45) is 6.09. The van der Waals surface area contributed by atoms with Gasteiger partial charge in [-0.1, -0.05) is 12.1 Å². The number of aromatic nitrogens is 1. The van der Waals surface area contributed by atoms with Crippen molar-refractivity contribution in [3.05, 3.63) is 17.5 Å². The van der Waals surface area contributed by atoms with E-state index in [9.17, 15) is 0 Å². The second kappa shape index (κ2) is 7.81. The number of aryl methyl sites for hydroxylation is 1. The van der Waals surface area contributed by atoms with Crippen LogP contribution in [0.3, 0.4) is 0 Å². The molecule has 0 spiro atoms. The second-order valence-electron chi connectivity index (χ2n) is 6.52. The fourth-order valence-corrected chi connectivity index (χ4v) is 3.12. The summed E-state index contributed by atoms with van der Waals surface area (Å²) < 4.78 is 5.30. The Morgan fingerprint density at radius 1 is 1.30 bits per heavy atom. The molecule has 1 saturated heterocycles. The molecule has 1 saturated carbocycles. The van der Waals surface area contributed by atoms with Crippen LogP contribution >= 0.6 is 0 Å². The van der Waals surface area contributed by atoms with E-state index in [2.05, 4.69) is 39.5 Å². The molecule has 0 bridgehead atoms. The normalized spacial score (nSPS) is 20.7. The van der Waals surface area contributed by atoms with Gasteiger partial charge < -0.3 is 20.1 Å². The molecule has 0 aromatic carbocycles. The standard InChI is InChI=1S/C17H29N5O/c1-3-13-11-16(23-21-13)12-19-17(18-4-2)20-14-7-9-22(10-8-14)15-5-6-15/h11,14-15H,3-10,12H2,1-2H3,(H2,18,19,20). The van der Waals surface area contributed by atoms with Crippen LogP contribution in [0.5, 0.6) is 0 Å². The largest absolute Gasteiger partial charge is 0.359 e. The molecule has 2 N–H and O–H groups in total. The van der Waals surface area contributed by atoms with Crippen LogP contribution in [0, 0.1) is 0 Å². The van der Waals surface area contributed by atoms with Crippen molar-refractivity contribution in [2.75, 3.05) is 19.6 Å². The lowest BCUT2D eigenvalue weighted by Crippen LogP contribution is -2.49. The van der Waals surface area contributed by atoms with Crippen LogP contribution in [0.4, 0.5) is 0 Å². The first-order valence-corrected chi connectivity index (χ1v) is 9.01. The zero-order valence-electron chi connectivity index (χ0n) is 14.3. The molecule has 1 aromatic rings. The van der Waals surface area contributed by atoms with Crippen molar-refractivity contribution in [2.45, 2.75) is 64.6 Å². The first-order valence-electron chi connectivity index (χ1n) is 9.01. The van der Waals surface area contributed by atoms with Crippen LogP contribution in [0.15, 0.2) is 15.6 Å². The first kappa shape index (κ1) is 16.3. The van der Waals surface area contributed by atoms with Crippen molar-refractivity contribution >= 4 is 5.96 Å². The quantitative estimate of drug-likeness (QED) is 0.619. The summed E-state index contributed by atoms with van der Waals surface area (Å²) in [7, 11) is 0. The number of rotatable bonds is 6. The third kappa shape index (κ3) is 4.70. The predicted molar refractivity (Wildman–Crippen MR) is 91.4 cm³/mol. The van der Waals surface area contributed by atoms with E-state index in [1.54, 1.807) is 0 Å². The van der Waals surface area contributed by atoms with Gasteiger partial charge in [-0.25, -0.2) is 4.99 Å². The van der Waals surface area contributed by atoms with Crippen molar-refractivity contribution < 1.29 is 4.52 Å². The molecule has 2 heterocycles. The lowest BCUT2D eigenvalue weighted by Gasteiger charge is -2.33. The van der Waals surface area contributed by atoms with Crippen LogP contribution in [-0.4, -0.2) is 47.7 Å². The molecule has 0 amide bonds. The van der Waals surface area contributed by atoms with Gasteiger partial charge in [-0.05, 0) is 39.0 Å². The van der Waals surface area contributed by atoms with E-state index >= 15 is 0 Å². The monoisotopic (exact) mass is 319 g/mol. The second-order valence-corrected chi connectivity index (χ2v) is 6.52. The number of hydrogen-bond acceptors (Lipinski definition) is 4. The average molecular weight is 319 g/mol. The van der Waals surface area contributed by atoms with Gasteiger partial charge in [0.05, 0.1) is 5.69 Å². The number of likely N-dealkylation sites (tertiary alicyclic amines) is 1. The Labute approximate surface area is 138 Å². The van der Waals surface area contributed by atoms with Gasteiger partial charge >= 0.3 is 0 Å². The molecule has 0 atom stereocenters. The fourth-order valence-electron chi connectivity index (χ4n) is 3.12. The highest BCUT2D eigenvalue weighted by Gasteiger charge is 2.31. The molecule has 2 aliphatic rings. The van der Waals surface area contributed by atoms with Gasteiger partial charge in [0.2, 0.25) is 0 Å². The summed E-state index contributed by atoms with van der Waals surface area (Å²) in [5, 5.41) is 10.9. The molecule has 128 valence electrons. The molecular weight excluding hydrogens is 290 g/mol. The number of guanidine groups is 1. The predicted octanol–water partition coefficient (Wildman–Crippen LogP) is 1.92. The fraction of sp³-hybridized carbons (Fsp3) is 0.765. The Hall–Kier alpha value is -1.56. The number of nitrogens with zero attached hydrogens (tertiary/aromatic N) is 3. The van der Waals surface area contributed by atoms with Crippen LogP contribution in [0.25, 0.3) is 0 Å². The molecule has 0 radical (unpaired) electrons. The van der Waals surface area contributed by atoms with Crippen molar-refractivity contribution in [3.8, 4) is 0 Å². The molecule has 0 unspecified atom stereocenters. The maximum Gasteiger partial charge on any atom is 0.191 e. The van der Waals surface area contributed by atoms with Gasteiger partial charge in [0.1, 0.15) is 6.54 Å². The molecule has 2 fully saturated rings. The van der Waals surface area contributed by atoms with E-state index in [0.29, 0.717) is 12.6 Å². The van der Waals surface area contributed by atoms with Gasteiger partial charge in [-0.3, -0.25) is 0 Å². The zero-order valence-corrected chi connectivity index (χ0v) is 14.3. The summed E-state index contributed by atoms with van der Waals surface area (Å²) in [4.78, 5) is 7.28. The molecule has 1 aromatic heterocycles. The van der Waals surface area contributed by atoms with Crippen molar-refractivity contribution in [2.24, 2.45) is 4.99 Å². The van der Waals surface area contributed by atoms with Crippen molar-refractivity contribution in [3.63, 3.8) is 0 Å². The van der Waals surface area contributed by atoms with Gasteiger partial charge in [0.15, 0.2) is 11.7 Å². The third-order valence-electron chi connectivity index (χ3n) is 4.64. The topological polar surface area (TPSA) is 65.7 Å². The Kier molecular flexibility index (Phi) is 5.54. The number of hydrogen-bond donors (Lipinski definition) is 2.